The number of hydrogen-bond acceptors (Lipinski definition) is 2. The van der Waals surface area contributed by atoms with Crippen LogP contribution in [0.4, 0.5) is 0 Å². The number of rotatable bonds is 4. The van der Waals surface area contributed by atoms with Crippen LogP contribution < -0.4 is 4.74 Å². The number of benzene rings is 1. The largest absolute Gasteiger partial charge is 0.490 e. The molecule has 0 bridgehead atoms. The normalized spacial score (nSPS) is 23.3. The first-order valence-corrected chi connectivity index (χ1v) is 7.15. The highest BCUT2D eigenvalue weighted by Crippen LogP contribution is 2.47. The highest BCUT2D eigenvalue weighted by atomic mass is 16.5. The van der Waals surface area contributed by atoms with Gasteiger partial charge in [-0.15, -0.1) is 0 Å². The summed E-state index contributed by atoms with van der Waals surface area (Å²) >= 11 is 0. The molecule has 19 heavy (non-hydrogen) atoms. The van der Waals surface area contributed by atoms with Crippen LogP contribution in [-0.4, -0.2) is 17.2 Å². The number of ether oxygens (including phenoxy) is 1. The molecule has 3 rings (SSSR count). The Morgan fingerprint density at radius 1 is 1.42 bits per heavy atom. The van der Waals surface area contributed by atoms with Gasteiger partial charge in [0.25, 0.3) is 0 Å². The molecule has 2 unspecified atom stereocenters. The molecule has 1 saturated carbocycles. The summed E-state index contributed by atoms with van der Waals surface area (Å²) in [7, 11) is 0. The molecular formula is C16H20O3. The van der Waals surface area contributed by atoms with E-state index in [9.17, 15) is 4.79 Å². The van der Waals surface area contributed by atoms with Crippen LogP contribution in [0, 0.1) is 5.92 Å². The van der Waals surface area contributed by atoms with Gasteiger partial charge >= 0.3 is 5.97 Å². The molecule has 3 heteroatoms. The van der Waals surface area contributed by atoms with Gasteiger partial charge in [0.05, 0.1) is 12.5 Å². The van der Waals surface area contributed by atoms with Crippen LogP contribution in [0.15, 0.2) is 18.2 Å². The van der Waals surface area contributed by atoms with Crippen LogP contribution in [0.1, 0.15) is 49.7 Å². The number of carboxylic acids is 1. The molecule has 1 aromatic rings. The minimum absolute atomic E-state index is 0.171. The Balaban J connectivity index is 1.94. The maximum absolute atomic E-state index is 11.1. The van der Waals surface area contributed by atoms with Gasteiger partial charge in [0.2, 0.25) is 0 Å². The fraction of sp³-hybridized carbons (Fsp3) is 0.562. The molecule has 2 aliphatic rings. The number of carboxylic acid groups (broad SMARTS) is 1. The van der Waals surface area contributed by atoms with E-state index in [1.807, 2.05) is 12.1 Å². The lowest BCUT2D eigenvalue weighted by Crippen LogP contribution is -2.21. The molecule has 0 amide bonds. The molecule has 2 atom stereocenters. The Labute approximate surface area is 113 Å². The SMILES string of the molecule is CC1CCc2c(cccc2C(CC(=O)O)C2CC2)O1. The molecule has 1 aromatic carbocycles. The summed E-state index contributed by atoms with van der Waals surface area (Å²) in [5, 5.41) is 9.14. The minimum Gasteiger partial charge on any atom is -0.490 e. The van der Waals surface area contributed by atoms with Crippen molar-refractivity contribution in [2.45, 2.75) is 51.0 Å². The van der Waals surface area contributed by atoms with Gasteiger partial charge in [-0.25, -0.2) is 0 Å². The third-order valence-corrected chi connectivity index (χ3v) is 4.28. The zero-order valence-electron chi connectivity index (χ0n) is 11.3. The summed E-state index contributed by atoms with van der Waals surface area (Å²) in [5.74, 6) is 0.998. The van der Waals surface area contributed by atoms with E-state index in [0.717, 1.165) is 18.6 Å². The Morgan fingerprint density at radius 3 is 2.89 bits per heavy atom. The summed E-state index contributed by atoms with van der Waals surface area (Å²) in [6.07, 6.45) is 4.87. The van der Waals surface area contributed by atoms with Gasteiger partial charge in [0.15, 0.2) is 0 Å². The molecule has 1 aliphatic heterocycles. The second-order valence-corrected chi connectivity index (χ2v) is 5.83. The maximum Gasteiger partial charge on any atom is 0.303 e. The summed E-state index contributed by atoms with van der Waals surface area (Å²) in [4.78, 5) is 11.1. The lowest BCUT2D eigenvalue weighted by Gasteiger charge is -2.27. The fourth-order valence-electron chi connectivity index (χ4n) is 3.15. The van der Waals surface area contributed by atoms with Crippen LogP contribution >= 0.6 is 0 Å². The molecule has 3 nitrogen and oxygen atoms in total. The van der Waals surface area contributed by atoms with Crippen molar-refractivity contribution in [2.75, 3.05) is 0 Å². The standard InChI is InChI=1S/C16H20O3/c1-10-5-8-13-12(3-2-4-15(13)19-10)14(9-16(17)18)11-6-7-11/h2-4,10-11,14H,5-9H2,1H3,(H,17,18). The molecule has 0 spiro atoms. The smallest absolute Gasteiger partial charge is 0.303 e. The Kier molecular flexibility index (Phi) is 3.21. The maximum atomic E-state index is 11.1. The van der Waals surface area contributed by atoms with E-state index in [-0.39, 0.29) is 18.4 Å². The summed E-state index contributed by atoms with van der Waals surface area (Å²) < 4.78 is 5.88. The molecule has 0 aromatic heterocycles. The molecule has 1 fully saturated rings. The van der Waals surface area contributed by atoms with Crippen molar-refractivity contribution in [3.05, 3.63) is 29.3 Å². The Hall–Kier alpha value is -1.51. The second kappa shape index (κ2) is 4.87. The molecule has 102 valence electrons. The first kappa shape index (κ1) is 12.5. The molecule has 1 aliphatic carbocycles. The highest BCUT2D eigenvalue weighted by Gasteiger charge is 2.36. The third-order valence-electron chi connectivity index (χ3n) is 4.28. The lowest BCUT2D eigenvalue weighted by atomic mass is 9.85. The Bertz CT molecular complexity index is 491. The van der Waals surface area contributed by atoms with Gasteiger partial charge in [-0.2, -0.15) is 0 Å². The first-order valence-electron chi connectivity index (χ1n) is 7.15. The van der Waals surface area contributed by atoms with E-state index in [1.165, 1.54) is 24.0 Å². The third kappa shape index (κ3) is 2.60. The second-order valence-electron chi connectivity index (χ2n) is 5.83. The van der Waals surface area contributed by atoms with Gasteiger partial charge in [-0.05, 0) is 61.6 Å². The van der Waals surface area contributed by atoms with Crippen molar-refractivity contribution in [3.8, 4) is 5.75 Å². The van der Waals surface area contributed by atoms with Gasteiger partial charge in [0.1, 0.15) is 5.75 Å². The number of aliphatic carboxylic acids is 1. The molecular weight excluding hydrogens is 240 g/mol. The van der Waals surface area contributed by atoms with Crippen molar-refractivity contribution in [2.24, 2.45) is 5.92 Å². The lowest BCUT2D eigenvalue weighted by molar-refractivity contribution is -0.137. The van der Waals surface area contributed by atoms with Crippen LogP contribution in [0.25, 0.3) is 0 Å². The quantitative estimate of drug-likeness (QED) is 0.902. The van der Waals surface area contributed by atoms with Gasteiger partial charge < -0.3 is 9.84 Å². The average molecular weight is 260 g/mol. The number of hydrogen-bond donors (Lipinski definition) is 1. The monoisotopic (exact) mass is 260 g/mol. The fourth-order valence-corrected chi connectivity index (χ4v) is 3.15. The van der Waals surface area contributed by atoms with Gasteiger partial charge in [-0.3, -0.25) is 4.79 Å². The van der Waals surface area contributed by atoms with Crippen molar-refractivity contribution in [1.82, 2.24) is 0 Å². The predicted molar refractivity (Wildman–Crippen MR) is 72.6 cm³/mol. The van der Waals surface area contributed by atoms with E-state index in [1.54, 1.807) is 0 Å². The Morgan fingerprint density at radius 2 is 2.21 bits per heavy atom. The molecule has 0 radical (unpaired) electrons. The first-order chi connectivity index (χ1) is 9.15. The summed E-state index contributed by atoms with van der Waals surface area (Å²) in [6, 6.07) is 6.12. The van der Waals surface area contributed by atoms with Crippen molar-refractivity contribution in [3.63, 3.8) is 0 Å². The summed E-state index contributed by atoms with van der Waals surface area (Å²) in [6.45, 7) is 2.09. The number of carbonyl (C=O) groups is 1. The summed E-state index contributed by atoms with van der Waals surface area (Å²) in [5.41, 5.74) is 2.47. The van der Waals surface area contributed by atoms with E-state index in [2.05, 4.69) is 13.0 Å². The number of fused-ring (bicyclic) bond motifs is 1. The van der Waals surface area contributed by atoms with E-state index in [0.29, 0.717) is 5.92 Å². The zero-order chi connectivity index (χ0) is 13.4. The highest BCUT2D eigenvalue weighted by molar-refractivity contribution is 5.68. The van der Waals surface area contributed by atoms with Crippen LogP contribution in [0.3, 0.4) is 0 Å². The predicted octanol–water partition coefficient (Wildman–Crippen LogP) is 3.37. The van der Waals surface area contributed by atoms with Crippen LogP contribution in [0.5, 0.6) is 5.75 Å². The van der Waals surface area contributed by atoms with Gasteiger partial charge in [0, 0.05) is 0 Å². The zero-order valence-corrected chi connectivity index (χ0v) is 11.3. The molecule has 1 N–H and O–H groups in total. The minimum atomic E-state index is -0.695. The van der Waals surface area contributed by atoms with Crippen molar-refractivity contribution < 1.29 is 14.6 Å². The molecule has 1 heterocycles. The van der Waals surface area contributed by atoms with Crippen molar-refractivity contribution in [1.29, 1.82) is 0 Å². The van der Waals surface area contributed by atoms with E-state index >= 15 is 0 Å². The molecule has 0 saturated heterocycles. The average Bonchev–Trinajstić information content (AvgIpc) is 3.19. The van der Waals surface area contributed by atoms with E-state index in [4.69, 9.17) is 9.84 Å². The van der Waals surface area contributed by atoms with Crippen molar-refractivity contribution >= 4 is 5.97 Å². The van der Waals surface area contributed by atoms with E-state index < -0.39 is 5.97 Å². The van der Waals surface area contributed by atoms with Crippen LogP contribution in [-0.2, 0) is 11.2 Å². The van der Waals surface area contributed by atoms with Crippen LogP contribution in [0.2, 0.25) is 0 Å². The topological polar surface area (TPSA) is 46.5 Å². The van der Waals surface area contributed by atoms with Gasteiger partial charge in [-0.1, -0.05) is 12.1 Å².